The van der Waals surface area contributed by atoms with E-state index in [0.717, 1.165) is 6.20 Å². The minimum absolute atomic E-state index is 0.0283. The number of aromatic nitrogens is 2. The van der Waals surface area contributed by atoms with Crippen molar-refractivity contribution in [3.05, 3.63) is 57.0 Å². The average molecular weight is 217 g/mol. The molecule has 0 aliphatic rings. The van der Waals surface area contributed by atoms with Crippen molar-refractivity contribution in [2.75, 3.05) is 0 Å². The second-order valence-corrected chi connectivity index (χ2v) is 3.08. The summed E-state index contributed by atoms with van der Waals surface area (Å²) in [6.45, 7) is 0. The molecule has 0 saturated carbocycles. The highest BCUT2D eigenvalue weighted by Gasteiger charge is 2.18. The van der Waals surface area contributed by atoms with E-state index in [-0.39, 0.29) is 11.3 Å². The van der Waals surface area contributed by atoms with E-state index < -0.39 is 10.5 Å². The first-order chi connectivity index (χ1) is 7.70. The third kappa shape index (κ3) is 1.68. The van der Waals surface area contributed by atoms with Crippen molar-refractivity contribution < 1.29 is 4.92 Å². The van der Waals surface area contributed by atoms with Crippen molar-refractivity contribution in [3.8, 4) is 11.1 Å². The highest BCUT2D eigenvalue weighted by atomic mass is 16.6. The molecule has 2 aromatic rings. The fraction of sp³-hybridized carbons (Fsp3) is 0. The molecule has 0 aliphatic carbocycles. The predicted octanol–water partition coefficient (Wildman–Crippen LogP) is 1.35. The van der Waals surface area contributed by atoms with Crippen LogP contribution in [0.15, 0.2) is 41.3 Å². The molecule has 0 saturated heterocycles. The van der Waals surface area contributed by atoms with Gasteiger partial charge in [-0.05, 0) is 5.56 Å². The summed E-state index contributed by atoms with van der Waals surface area (Å²) in [6.07, 6.45) is 1.03. The van der Waals surface area contributed by atoms with Crippen LogP contribution in [0.1, 0.15) is 0 Å². The van der Waals surface area contributed by atoms with Gasteiger partial charge in [-0.25, -0.2) is 5.10 Å². The molecule has 80 valence electrons. The maximum Gasteiger partial charge on any atom is 0.302 e. The van der Waals surface area contributed by atoms with Gasteiger partial charge in [-0.3, -0.25) is 14.9 Å². The van der Waals surface area contributed by atoms with Crippen molar-refractivity contribution in [1.82, 2.24) is 10.2 Å². The molecule has 0 aliphatic heterocycles. The van der Waals surface area contributed by atoms with Crippen LogP contribution in [-0.4, -0.2) is 15.1 Å². The SMILES string of the molecule is O=c1[nH]ncc([N+](=O)[O-])c1-c1ccccc1. The minimum Gasteiger partial charge on any atom is -0.267 e. The summed E-state index contributed by atoms with van der Waals surface area (Å²) >= 11 is 0. The summed E-state index contributed by atoms with van der Waals surface area (Å²) in [6, 6.07) is 8.46. The van der Waals surface area contributed by atoms with Gasteiger partial charge in [-0.15, -0.1) is 0 Å². The van der Waals surface area contributed by atoms with Gasteiger partial charge < -0.3 is 0 Å². The number of nitro groups is 1. The number of hydrogen-bond donors (Lipinski definition) is 1. The molecule has 6 heteroatoms. The normalized spacial score (nSPS) is 10.0. The fourth-order valence-electron chi connectivity index (χ4n) is 1.41. The van der Waals surface area contributed by atoms with Gasteiger partial charge >= 0.3 is 5.69 Å². The van der Waals surface area contributed by atoms with E-state index >= 15 is 0 Å². The summed E-state index contributed by atoms with van der Waals surface area (Å²) in [4.78, 5) is 21.7. The van der Waals surface area contributed by atoms with Crippen LogP contribution in [-0.2, 0) is 0 Å². The highest BCUT2D eigenvalue weighted by Crippen LogP contribution is 2.24. The van der Waals surface area contributed by atoms with Gasteiger partial charge in [0.1, 0.15) is 11.8 Å². The second-order valence-electron chi connectivity index (χ2n) is 3.08. The Balaban J connectivity index is 2.74. The molecule has 1 heterocycles. The van der Waals surface area contributed by atoms with Gasteiger partial charge in [0.05, 0.1) is 4.92 Å². The molecule has 2 rings (SSSR count). The van der Waals surface area contributed by atoms with Crippen LogP contribution in [0.25, 0.3) is 11.1 Å². The van der Waals surface area contributed by atoms with Gasteiger partial charge in [-0.1, -0.05) is 30.3 Å². The van der Waals surface area contributed by atoms with Crippen molar-refractivity contribution in [1.29, 1.82) is 0 Å². The van der Waals surface area contributed by atoms with E-state index in [4.69, 9.17) is 0 Å². The van der Waals surface area contributed by atoms with Gasteiger partial charge in [0.15, 0.2) is 0 Å². The third-order valence-corrected chi connectivity index (χ3v) is 2.10. The molecule has 0 unspecified atom stereocenters. The lowest BCUT2D eigenvalue weighted by atomic mass is 10.1. The molecular formula is C10H7N3O3. The molecule has 1 aromatic carbocycles. The molecule has 0 amide bonds. The standard InChI is InChI=1S/C10H7N3O3/c14-10-9(7-4-2-1-3-5-7)8(13(15)16)6-11-12-10/h1-6H,(H,12,14). The predicted molar refractivity (Wildman–Crippen MR) is 56.9 cm³/mol. The van der Waals surface area contributed by atoms with E-state index in [2.05, 4.69) is 10.2 Å². The molecule has 6 nitrogen and oxygen atoms in total. The van der Waals surface area contributed by atoms with Crippen LogP contribution in [0.3, 0.4) is 0 Å². The van der Waals surface area contributed by atoms with Crippen molar-refractivity contribution in [3.63, 3.8) is 0 Å². The lowest BCUT2D eigenvalue weighted by Crippen LogP contribution is -2.12. The number of aromatic amines is 1. The molecule has 1 N–H and O–H groups in total. The summed E-state index contributed by atoms with van der Waals surface area (Å²) in [5.74, 6) is 0. The summed E-state index contributed by atoms with van der Waals surface area (Å²) < 4.78 is 0. The van der Waals surface area contributed by atoms with E-state index in [0.29, 0.717) is 5.56 Å². The molecule has 0 spiro atoms. The average Bonchev–Trinajstić information content (AvgIpc) is 2.29. The van der Waals surface area contributed by atoms with Crippen LogP contribution < -0.4 is 5.56 Å². The number of rotatable bonds is 2. The first kappa shape index (κ1) is 10.0. The monoisotopic (exact) mass is 217 g/mol. The maximum atomic E-state index is 11.5. The first-order valence-electron chi connectivity index (χ1n) is 4.47. The Bertz CT molecular complexity index is 577. The van der Waals surface area contributed by atoms with Gasteiger partial charge in [-0.2, -0.15) is 5.10 Å². The molecular weight excluding hydrogens is 210 g/mol. The zero-order valence-electron chi connectivity index (χ0n) is 8.08. The topological polar surface area (TPSA) is 88.9 Å². The fourth-order valence-corrected chi connectivity index (χ4v) is 1.41. The zero-order valence-corrected chi connectivity index (χ0v) is 8.08. The molecule has 1 aromatic heterocycles. The van der Waals surface area contributed by atoms with E-state index in [1.165, 1.54) is 0 Å². The third-order valence-electron chi connectivity index (χ3n) is 2.10. The number of benzene rings is 1. The van der Waals surface area contributed by atoms with Crippen LogP contribution in [0, 0.1) is 10.1 Å². The van der Waals surface area contributed by atoms with Crippen molar-refractivity contribution >= 4 is 5.69 Å². The molecule has 0 fully saturated rings. The largest absolute Gasteiger partial charge is 0.302 e. The Morgan fingerprint density at radius 3 is 2.56 bits per heavy atom. The summed E-state index contributed by atoms with van der Waals surface area (Å²) in [5, 5.41) is 16.4. The van der Waals surface area contributed by atoms with Crippen LogP contribution in [0.2, 0.25) is 0 Å². The Labute approximate surface area is 89.7 Å². The van der Waals surface area contributed by atoms with Gasteiger partial charge in [0.25, 0.3) is 5.56 Å². The van der Waals surface area contributed by atoms with E-state index in [1.54, 1.807) is 30.3 Å². The van der Waals surface area contributed by atoms with Gasteiger partial charge in [0.2, 0.25) is 0 Å². The number of hydrogen-bond acceptors (Lipinski definition) is 4. The van der Waals surface area contributed by atoms with Crippen LogP contribution in [0.5, 0.6) is 0 Å². The minimum atomic E-state index is -0.620. The Kier molecular flexibility index (Phi) is 2.47. The quantitative estimate of drug-likeness (QED) is 0.607. The molecule has 0 radical (unpaired) electrons. The number of nitrogens with zero attached hydrogens (tertiary/aromatic N) is 2. The molecule has 0 atom stereocenters. The summed E-state index contributed by atoms with van der Waals surface area (Å²) in [7, 11) is 0. The Hall–Kier alpha value is -2.50. The second kappa shape index (κ2) is 3.93. The Morgan fingerprint density at radius 2 is 1.94 bits per heavy atom. The van der Waals surface area contributed by atoms with Crippen LogP contribution >= 0.6 is 0 Å². The highest BCUT2D eigenvalue weighted by molar-refractivity contribution is 5.71. The first-order valence-corrected chi connectivity index (χ1v) is 4.47. The lowest BCUT2D eigenvalue weighted by Gasteiger charge is -2.00. The smallest absolute Gasteiger partial charge is 0.267 e. The summed E-state index contributed by atoms with van der Waals surface area (Å²) in [5.41, 5.74) is -0.339. The lowest BCUT2D eigenvalue weighted by molar-refractivity contribution is -0.384. The van der Waals surface area contributed by atoms with Gasteiger partial charge in [0, 0.05) is 0 Å². The molecule has 16 heavy (non-hydrogen) atoms. The van der Waals surface area contributed by atoms with E-state index in [1.807, 2.05) is 0 Å². The van der Waals surface area contributed by atoms with Crippen LogP contribution in [0.4, 0.5) is 5.69 Å². The zero-order chi connectivity index (χ0) is 11.5. The number of H-pyrrole nitrogens is 1. The van der Waals surface area contributed by atoms with Crippen molar-refractivity contribution in [2.24, 2.45) is 0 Å². The molecule has 0 bridgehead atoms. The Morgan fingerprint density at radius 1 is 1.25 bits per heavy atom. The number of nitrogens with one attached hydrogen (secondary N) is 1. The van der Waals surface area contributed by atoms with Crippen molar-refractivity contribution in [2.45, 2.75) is 0 Å². The maximum absolute atomic E-state index is 11.5. The van der Waals surface area contributed by atoms with E-state index in [9.17, 15) is 14.9 Å².